The van der Waals surface area contributed by atoms with Crippen molar-refractivity contribution in [2.75, 3.05) is 11.9 Å². The molecule has 35 heavy (non-hydrogen) atoms. The summed E-state index contributed by atoms with van der Waals surface area (Å²) in [4.78, 5) is 29.1. The average Bonchev–Trinajstić information content (AvgIpc) is 3.54. The van der Waals surface area contributed by atoms with Gasteiger partial charge in [0, 0.05) is 19.0 Å². The Labute approximate surface area is 206 Å². The van der Waals surface area contributed by atoms with Gasteiger partial charge in [0.15, 0.2) is 0 Å². The van der Waals surface area contributed by atoms with Gasteiger partial charge in [0.2, 0.25) is 11.8 Å². The molecule has 4 aromatic rings. The topological polar surface area (TPSA) is 99.0 Å². The van der Waals surface area contributed by atoms with Gasteiger partial charge in [0.1, 0.15) is 17.1 Å². The maximum atomic E-state index is 14.0. The van der Waals surface area contributed by atoms with Crippen molar-refractivity contribution in [1.29, 1.82) is 5.26 Å². The van der Waals surface area contributed by atoms with Gasteiger partial charge >= 0.3 is 0 Å². The van der Waals surface area contributed by atoms with Crippen LogP contribution in [0.1, 0.15) is 23.5 Å². The van der Waals surface area contributed by atoms with E-state index in [-0.39, 0.29) is 18.4 Å². The number of amides is 2. The summed E-state index contributed by atoms with van der Waals surface area (Å²) >= 11 is 1.08. The summed E-state index contributed by atoms with van der Waals surface area (Å²) in [5.74, 6) is -1.07. The molecule has 0 bridgehead atoms. The second-order valence-corrected chi connectivity index (χ2v) is 8.83. The number of aromatic nitrogens is 2. The summed E-state index contributed by atoms with van der Waals surface area (Å²) in [6.45, 7) is 0.225. The molecule has 0 saturated carbocycles. The summed E-state index contributed by atoms with van der Waals surface area (Å²) in [7, 11) is 0. The quantitative estimate of drug-likeness (QED) is 0.425. The third-order valence-electron chi connectivity index (χ3n) is 6.12. The molecular formula is C27H21N5O2S. The van der Waals surface area contributed by atoms with Gasteiger partial charge in [0.25, 0.3) is 0 Å². The molecule has 7 nitrogen and oxygen atoms in total. The highest BCUT2D eigenvalue weighted by atomic mass is 32.1. The monoisotopic (exact) mass is 479 g/mol. The molecule has 1 fully saturated rings. The maximum absolute atomic E-state index is 14.0. The summed E-state index contributed by atoms with van der Waals surface area (Å²) in [6, 6.07) is 25.8. The van der Waals surface area contributed by atoms with E-state index in [1.165, 1.54) is 6.08 Å². The fourth-order valence-electron chi connectivity index (χ4n) is 4.47. The predicted octanol–water partition coefficient (Wildman–Crippen LogP) is 4.51. The zero-order valence-corrected chi connectivity index (χ0v) is 19.5. The van der Waals surface area contributed by atoms with E-state index in [2.05, 4.69) is 14.1 Å². The highest BCUT2D eigenvalue weighted by Crippen LogP contribution is 2.33. The van der Waals surface area contributed by atoms with Gasteiger partial charge in [-0.25, -0.2) is 0 Å². The van der Waals surface area contributed by atoms with Crippen molar-refractivity contribution < 1.29 is 9.59 Å². The Hall–Kier alpha value is -4.35. The number of fused-ring (bicyclic) bond motifs is 1. The number of carbonyl (C=O) groups is 2. The van der Waals surface area contributed by atoms with Crippen LogP contribution in [0.4, 0.5) is 5.69 Å². The minimum atomic E-state index is -0.751. The van der Waals surface area contributed by atoms with E-state index >= 15 is 0 Å². The molecule has 1 aliphatic heterocycles. The Morgan fingerprint density at radius 1 is 1.00 bits per heavy atom. The molecular weight excluding hydrogens is 458 g/mol. The molecule has 0 spiro atoms. The normalized spacial score (nSPS) is 16.5. The number of anilines is 1. The first-order chi connectivity index (χ1) is 17.2. The van der Waals surface area contributed by atoms with Crippen molar-refractivity contribution in [1.82, 2.24) is 13.6 Å². The fourth-order valence-corrected chi connectivity index (χ4v) is 5.02. The summed E-state index contributed by atoms with van der Waals surface area (Å²) in [5.41, 5.74) is 4.30. The lowest BCUT2D eigenvalue weighted by Gasteiger charge is -2.28. The van der Waals surface area contributed by atoms with Crippen LogP contribution in [0, 0.1) is 11.3 Å². The van der Waals surface area contributed by atoms with E-state index in [1.807, 2.05) is 72.8 Å². The van der Waals surface area contributed by atoms with Gasteiger partial charge in [-0.1, -0.05) is 66.7 Å². The number of nitriles is 1. The molecule has 1 aliphatic rings. The minimum absolute atomic E-state index is 0.183. The summed E-state index contributed by atoms with van der Waals surface area (Å²) < 4.78 is 8.51. The van der Waals surface area contributed by atoms with Crippen molar-refractivity contribution in [2.24, 2.45) is 0 Å². The van der Waals surface area contributed by atoms with E-state index < -0.39 is 12.0 Å². The first-order valence-electron chi connectivity index (χ1n) is 11.2. The van der Waals surface area contributed by atoms with Crippen molar-refractivity contribution in [3.05, 3.63) is 102 Å². The molecule has 3 aromatic carbocycles. The molecule has 1 N–H and O–H groups in total. The Kier molecular flexibility index (Phi) is 6.33. The van der Waals surface area contributed by atoms with Gasteiger partial charge in [-0.2, -0.15) is 14.0 Å². The average molecular weight is 480 g/mol. The van der Waals surface area contributed by atoms with Crippen LogP contribution < -0.4 is 5.32 Å². The van der Waals surface area contributed by atoms with Crippen LogP contribution in [-0.4, -0.2) is 38.0 Å². The minimum Gasteiger partial charge on any atom is -0.325 e. The Balaban J connectivity index is 1.49. The highest BCUT2D eigenvalue weighted by Gasteiger charge is 2.40. The molecule has 1 saturated heterocycles. The van der Waals surface area contributed by atoms with Crippen LogP contribution in [0.25, 0.3) is 11.0 Å². The Morgan fingerprint density at radius 2 is 1.69 bits per heavy atom. The van der Waals surface area contributed by atoms with E-state index in [0.717, 1.165) is 28.4 Å². The molecule has 1 aromatic heterocycles. The van der Waals surface area contributed by atoms with Crippen LogP contribution in [0.15, 0.2) is 90.5 Å². The number of hydrogen-bond acceptors (Lipinski definition) is 6. The van der Waals surface area contributed by atoms with Crippen molar-refractivity contribution >= 4 is 40.3 Å². The molecule has 8 heteroatoms. The predicted molar refractivity (Wildman–Crippen MR) is 135 cm³/mol. The standard InChI is InChI=1S/C27H21N5O2S/c28-15-14-18-16-23(26(33)29-21-12-7-13-22-25(21)31-35-30-22)32(17-18)27(34)24(19-8-3-1-4-9-19)20-10-5-2-6-11-20/h1-14,23-24H,16-17H2,(H,29,33)/b18-14+/t23-/m0/s1. The third-order valence-corrected chi connectivity index (χ3v) is 6.66. The summed E-state index contributed by atoms with van der Waals surface area (Å²) in [5, 5.41) is 12.2. The maximum Gasteiger partial charge on any atom is 0.247 e. The van der Waals surface area contributed by atoms with E-state index in [0.29, 0.717) is 23.1 Å². The molecule has 172 valence electrons. The lowest BCUT2D eigenvalue weighted by molar-refractivity contribution is -0.137. The molecule has 0 unspecified atom stereocenters. The number of nitrogens with one attached hydrogen (secondary N) is 1. The van der Waals surface area contributed by atoms with Crippen LogP contribution in [-0.2, 0) is 9.59 Å². The molecule has 2 heterocycles. The Morgan fingerprint density at radius 3 is 2.34 bits per heavy atom. The van der Waals surface area contributed by atoms with Gasteiger partial charge in [-0.3, -0.25) is 9.59 Å². The van der Waals surface area contributed by atoms with Gasteiger partial charge in [-0.15, -0.1) is 0 Å². The number of nitrogens with zero attached hydrogens (tertiary/aromatic N) is 4. The van der Waals surface area contributed by atoms with Crippen LogP contribution in [0.3, 0.4) is 0 Å². The Bertz CT molecular complexity index is 1400. The number of allylic oxidation sites excluding steroid dienone is 1. The molecule has 1 atom stereocenters. The molecule has 0 aliphatic carbocycles. The van der Waals surface area contributed by atoms with Crippen molar-refractivity contribution in [2.45, 2.75) is 18.4 Å². The second-order valence-electron chi connectivity index (χ2n) is 8.30. The number of likely N-dealkylation sites (tertiary alicyclic amines) is 1. The zero-order valence-electron chi connectivity index (χ0n) is 18.7. The molecule has 0 radical (unpaired) electrons. The van der Waals surface area contributed by atoms with Crippen molar-refractivity contribution in [3.63, 3.8) is 0 Å². The zero-order chi connectivity index (χ0) is 24.2. The van der Waals surface area contributed by atoms with E-state index in [9.17, 15) is 14.9 Å². The number of carbonyl (C=O) groups excluding carboxylic acids is 2. The lowest BCUT2D eigenvalue weighted by Crippen LogP contribution is -2.45. The third kappa shape index (κ3) is 4.54. The smallest absolute Gasteiger partial charge is 0.247 e. The van der Waals surface area contributed by atoms with Gasteiger partial charge < -0.3 is 10.2 Å². The molecule has 2 amide bonds. The number of hydrogen-bond donors (Lipinski definition) is 1. The van der Waals surface area contributed by atoms with E-state index in [1.54, 1.807) is 17.0 Å². The largest absolute Gasteiger partial charge is 0.325 e. The fraction of sp³-hybridized carbons (Fsp3) is 0.148. The lowest BCUT2D eigenvalue weighted by atomic mass is 9.90. The second kappa shape index (κ2) is 9.87. The number of benzene rings is 3. The van der Waals surface area contributed by atoms with Crippen LogP contribution in [0.5, 0.6) is 0 Å². The first-order valence-corrected chi connectivity index (χ1v) is 11.9. The highest BCUT2D eigenvalue weighted by molar-refractivity contribution is 7.00. The van der Waals surface area contributed by atoms with Gasteiger partial charge in [-0.05, 0) is 28.8 Å². The van der Waals surface area contributed by atoms with Crippen LogP contribution >= 0.6 is 11.7 Å². The van der Waals surface area contributed by atoms with Crippen molar-refractivity contribution in [3.8, 4) is 6.07 Å². The van der Waals surface area contributed by atoms with Crippen LogP contribution in [0.2, 0.25) is 0 Å². The first kappa shape index (κ1) is 22.4. The summed E-state index contributed by atoms with van der Waals surface area (Å²) in [6.07, 6.45) is 1.73. The van der Waals surface area contributed by atoms with E-state index in [4.69, 9.17) is 0 Å². The number of rotatable bonds is 5. The molecule has 5 rings (SSSR count). The SMILES string of the molecule is N#C/C=C1\C[C@@H](C(=O)Nc2cccc3nsnc23)N(C(=O)C(c2ccccc2)c2ccccc2)C1. The van der Waals surface area contributed by atoms with Gasteiger partial charge in [0.05, 0.1) is 29.4 Å².